The molecule has 0 saturated heterocycles. The molecule has 0 aromatic heterocycles. The normalized spacial score (nSPS) is 24.2. The van der Waals surface area contributed by atoms with E-state index in [0.717, 1.165) is 6.42 Å². The minimum Gasteiger partial charge on any atom is -0.491 e. The highest BCUT2D eigenvalue weighted by atomic mass is 35.5. The highest BCUT2D eigenvalue weighted by molar-refractivity contribution is 6.30. The number of unbranched alkanes of at least 4 members (excludes halogenated alkanes) is 1. The van der Waals surface area contributed by atoms with Crippen LogP contribution in [0.2, 0.25) is 5.02 Å². The highest BCUT2D eigenvalue weighted by Crippen LogP contribution is 2.32. The van der Waals surface area contributed by atoms with Gasteiger partial charge >= 0.3 is 5.97 Å². The number of esters is 1. The van der Waals surface area contributed by atoms with E-state index in [0.29, 0.717) is 30.0 Å². The Morgan fingerprint density at radius 2 is 2.00 bits per heavy atom. The van der Waals surface area contributed by atoms with Gasteiger partial charge in [0.2, 0.25) is 0 Å². The zero-order valence-corrected chi connectivity index (χ0v) is 19.5. The number of ether oxygens (including phenoxy) is 3. The molecule has 32 heavy (non-hydrogen) atoms. The van der Waals surface area contributed by atoms with Gasteiger partial charge in [0, 0.05) is 23.8 Å². The van der Waals surface area contributed by atoms with Gasteiger partial charge in [-0.3, -0.25) is 4.79 Å². The molecule has 8 heteroatoms. The van der Waals surface area contributed by atoms with Gasteiger partial charge in [0.05, 0.1) is 31.0 Å². The van der Waals surface area contributed by atoms with Gasteiger partial charge in [0.25, 0.3) is 0 Å². The van der Waals surface area contributed by atoms with Gasteiger partial charge in [-0.25, -0.2) is 0 Å². The van der Waals surface area contributed by atoms with E-state index in [2.05, 4.69) is 0 Å². The van der Waals surface area contributed by atoms with E-state index in [4.69, 9.17) is 25.8 Å². The molecular weight excluding hydrogens is 436 g/mol. The third-order valence-corrected chi connectivity index (χ3v) is 5.43. The lowest BCUT2D eigenvalue weighted by Crippen LogP contribution is -2.34. The van der Waals surface area contributed by atoms with E-state index >= 15 is 0 Å². The van der Waals surface area contributed by atoms with Crippen molar-refractivity contribution < 1.29 is 34.3 Å². The molecule has 0 aliphatic heterocycles. The first kappa shape index (κ1) is 26.6. The molecule has 7 nitrogen and oxygen atoms in total. The number of carbonyl (C=O) groups is 1. The molecular formula is C24H35ClO7. The Bertz CT molecular complexity index is 724. The van der Waals surface area contributed by atoms with Crippen molar-refractivity contribution in [1.82, 2.24) is 0 Å². The molecule has 0 radical (unpaired) electrons. The minimum absolute atomic E-state index is 0.0206. The van der Waals surface area contributed by atoms with Gasteiger partial charge in [0.15, 0.2) is 0 Å². The molecule has 1 aromatic carbocycles. The average Bonchev–Trinajstić information content (AvgIpc) is 2.99. The largest absolute Gasteiger partial charge is 0.491 e. The quantitative estimate of drug-likeness (QED) is 0.231. The van der Waals surface area contributed by atoms with Crippen molar-refractivity contribution in [3.63, 3.8) is 0 Å². The molecule has 5 unspecified atom stereocenters. The summed E-state index contributed by atoms with van der Waals surface area (Å²) < 4.78 is 16.4. The van der Waals surface area contributed by atoms with Crippen LogP contribution in [0.4, 0.5) is 0 Å². The molecule has 0 amide bonds. The summed E-state index contributed by atoms with van der Waals surface area (Å²) >= 11 is 5.91. The first-order valence-corrected chi connectivity index (χ1v) is 11.5. The third kappa shape index (κ3) is 9.46. The van der Waals surface area contributed by atoms with Crippen molar-refractivity contribution >= 4 is 17.6 Å². The molecule has 3 N–H and O–H groups in total. The summed E-state index contributed by atoms with van der Waals surface area (Å²) in [5.41, 5.74) is 0. The van der Waals surface area contributed by atoms with E-state index in [1.165, 1.54) is 0 Å². The maximum absolute atomic E-state index is 11.5. The average molecular weight is 471 g/mol. The zero-order chi connectivity index (χ0) is 23.5. The first-order chi connectivity index (χ1) is 15.3. The summed E-state index contributed by atoms with van der Waals surface area (Å²) in [6.45, 7) is 3.65. The number of halogens is 1. The van der Waals surface area contributed by atoms with Crippen LogP contribution >= 0.6 is 11.6 Å². The zero-order valence-electron chi connectivity index (χ0n) is 18.7. The Morgan fingerprint density at radius 1 is 1.22 bits per heavy atom. The lowest BCUT2D eigenvalue weighted by molar-refractivity contribution is -0.147. The van der Waals surface area contributed by atoms with Crippen LogP contribution in [-0.4, -0.2) is 65.0 Å². The van der Waals surface area contributed by atoms with Crippen LogP contribution in [0.1, 0.15) is 46.0 Å². The molecule has 2 rings (SSSR count). The molecule has 0 heterocycles. The van der Waals surface area contributed by atoms with Gasteiger partial charge in [-0.05, 0) is 51.3 Å². The van der Waals surface area contributed by atoms with Crippen LogP contribution < -0.4 is 4.74 Å². The van der Waals surface area contributed by atoms with Crippen molar-refractivity contribution in [3.05, 3.63) is 41.4 Å². The monoisotopic (exact) mass is 470 g/mol. The van der Waals surface area contributed by atoms with E-state index in [9.17, 15) is 20.1 Å². The fraction of sp³-hybridized carbons (Fsp3) is 0.625. The number of hydrogen-bond donors (Lipinski definition) is 3. The van der Waals surface area contributed by atoms with Crippen LogP contribution in [0.3, 0.4) is 0 Å². The van der Waals surface area contributed by atoms with E-state index in [-0.39, 0.29) is 37.6 Å². The number of aliphatic hydroxyl groups excluding tert-OH is 3. The molecule has 180 valence electrons. The number of carbonyl (C=O) groups excluding carboxylic acids is 1. The van der Waals surface area contributed by atoms with Crippen molar-refractivity contribution in [2.24, 2.45) is 5.92 Å². The number of benzene rings is 1. The van der Waals surface area contributed by atoms with Crippen LogP contribution in [0, 0.1) is 5.92 Å². The minimum atomic E-state index is -0.888. The molecule has 1 aliphatic carbocycles. The van der Waals surface area contributed by atoms with Gasteiger partial charge < -0.3 is 29.5 Å². The molecule has 0 bridgehead atoms. The van der Waals surface area contributed by atoms with Crippen LogP contribution in [0.25, 0.3) is 0 Å². The molecule has 1 aromatic rings. The molecule has 5 atom stereocenters. The number of rotatable bonds is 13. The number of allylic oxidation sites excluding steroid dienone is 2. The summed E-state index contributed by atoms with van der Waals surface area (Å²) in [6, 6.07) is 6.89. The lowest BCUT2D eigenvalue weighted by Gasteiger charge is -2.24. The Labute approximate surface area is 194 Å². The van der Waals surface area contributed by atoms with Crippen LogP contribution in [0.5, 0.6) is 5.75 Å². The predicted octanol–water partition coefficient (Wildman–Crippen LogP) is 3.27. The summed E-state index contributed by atoms with van der Waals surface area (Å²) in [5, 5.41) is 31.3. The summed E-state index contributed by atoms with van der Waals surface area (Å²) in [5.74, 6) is 0.0793. The summed E-state index contributed by atoms with van der Waals surface area (Å²) in [6.07, 6.45) is 3.42. The van der Waals surface area contributed by atoms with Gasteiger partial charge in [-0.15, -0.1) is 0 Å². The topological polar surface area (TPSA) is 105 Å². The highest BCUT2D eigenvalue weighted by Gasteiger charge is 2.42. The Balaban J connectivity index is 1.72. The fourth-order valence-electron chi connectivity index (χ4n) is 3.66. The van der Waals surface area contributed by atoms with E-state index in [1.807, 2.05) is 26.0 Å². The van der Waals surface area contributed by atoms with Crippen LogP contribution in [-0.2, 0) is 14.3 Å². The molecule has 1 saturated carbocycles. The smallest absolute Gasteiger partial charge is 0.306 e. The van der Waals surface area contributed by atoms with Crippen LogP contribution in [0.15, 0.2) is 36.4 Å². The van der Waals surface area contributed by atoms with Gasteiger partial charge in [0.1, 0.15) is 18.5 Å². The first-order valence-electron chi connectivity index (χ1n) is 11.1. The van der Waals surface area contributed by atoms with Gasteiger partial charge in [-0.1, -0.05) is 29.8 Å². The lowest BCUT2D eigenvalue weighted by atomic mass is 9.98. The third-order valence-electron chi connectivity index (χ3n) is 5.19. The van der Waals surface area contributed by atoms with Crippen molar-refractivity contribution in [2.75, 3.05) is 13.2 Å². The van der Waals surface area contributed by atoms with Gasteiger partial charge in [-0.2, -0.15) is 0 Å². The second kappa shape index (κ2) is 13.8. The summed E-state index contributed by atoms with van der Waals surface area (Å²) in [4.78, 5) is 11.5. The van der Waals surface area contributed by atoms with Crippen molar-refractivity contribution in [2.45, 2.75) is 76.5 Å². The second-order valence-electron chi connectivity index (χ2n) is 8.39. The Morgan fingerprint density at radius 3 is 2.72 bits per heavy atom. The second-order valence-corrected chi connectivity index (χ2v) is 8.83. The fourth-order valence-corrected chi connectivity index (χ4v) is 3.84. The standard InChI is InChI=1S/C24H35ClO7/c1-16(2)32-23(29)11-6-4-3-5-10-20-21(27)13-22(28)24(20)31-15-18(26)14-30-19-9-7-8-17(25)12-19/h3,5,7-9,12,16,18,20-22,24,26-28H,4,6,10-11,13-15H2,1-2H3/b5-3+. The maximum Gasteiger partial charge on any atom is 0.306 e. The van der Waals surface area contributed by atoms with E-state index in [1.54, 1.807) is 24.3 Å². The van der Waals surface area contributed by atoms with E-state index < -0.39 is 24.4 Å². The van der Waals surface area contributed by atoms with Crippen molar-refractivity contribution in [3.8, 4) is 5.75 Å². The molecule has 0 spiro atoms. The maximum atomic E-state index is 11.5. The molecule has 1 fully saturated rings. The SMILES string of the molecule is CC(C)OC(=O)CCC/C=C/CC1C(O)CC(O)C1OCC(O)COc1cccc(Cl)c1. The number of hydrogen-bond acceptors (Lipinski definition) is 7. The predicted molar refractivity (Wildman–Crippen MR) is 122 cm³/mol. The van der Waals surface area contributed by atoms with Crippen molar-refractivity contribution in [1.29, 1.82) is 0 Å². The molecule has 1 aliphatic rings. The Hall–Kier alpha value is -1.64. The summed E-state index contributed by atoms with van der Waals surface area (Å²) in [7, 11) is 0. The Kier molecular flexibility index (Phi) is 11.5. The number of aliphatic hydroxyl groups is 3.